The van der Waals surface area contributed by atoms with E-state index in [2.05, 4.69) is 5.32 Å². The van der Waals surface area contributed by atoms with Crippen LogP contribution in [0.5, 0.6) is 0 Å². The Hall–Kier alpha value is -1.63. The van der Waals surface area contributed by atoms with Crippen molar-refractivity contribution in [3.63, 3.8) is 0 Å². The number of carbonyl (C=O) groups excluding carboxylic acids is 2. The Morgan fingerprint density at radius 3 is 2.50 bits per heavy atom. The van der Waals surface area contributed by atoms with Crippen LogP contribution in [0.2, 0.25) is 0 Å². The van der Waals surface area contributed by atoms with Gasteiger partial charge < -0.3 is 20.1 Å². The van der Waals surface area contributed by atoms with E-state index in [0.717, 1.165) is 12.8 Å². The first kappa shape index (κ1) is 13.4. The van der Waals surface area contributed by atoms with Crippen molar-refractivity contribution in [3.05, 3.63) is 0 Å². The zero-order valence-electron chi connectivity index (χ0n) is 11.1. The summed E-state index contributed by atoms with van der Waals surface area (Å²) in [6, 6.07) is -0.496. The van der Waals surface area contributed by atoms with Crippen molar-refractivity contribution in [3.8, 4) is 0 Å². The predicted molar refractivity (Wildman–Crippen MR) is 66.8 cm³/mol. The van der Waals surface area contributed by atoms with Gasteiger partial charge in [-0.1, -0.05) is 0 Å². The molecule has 2 saturated carbocycles. The Morgan fingerprint density at radius 1 is 1.25 bits per heavy atom. The third-order valence-electron chi connectivity index (χ3n) is 4.18. The molecule has 3 rings (SSSR count). The first-order valence-corrected chi connectivity index (χ1v) is 6.97. The Balaban J connectivity index is 1.73. The number of nitrogens with zero attached hydrogens (tertiary/aromatic N) is 1. The van der Waals surface area contributed by atoms with Crippen LogP contribution in [-0.2, 0) is 19.1 Å². The molecule has 0 radical (unpaired) electrons. The first-order valence-electron chi connectivity index (χ1n) is 6.97. The second-order valence-electron chi connectivity index (χ2n) is 5.76. The number of hydrogen-bond donors (Lipinski definition) is 2. The summed E-state index contributed by atoms with van der Waals surface area (Å²) in [5.41, 5.74) is -1.30. The minimum absolute atomic E-state index is 0.139. The van der Waals surface area contributed by atoms with Crippen molar-refractivity contribution >= 4 is 17.8 Å². The second-order valence-corrected chi connectivity index (χ2v) is 5.76. The van der Waals surface area contributed by atoms with E-state index in [1.807, 2.05) is 0 Å². The number of amides is 2. The van der Waals surface area contributed by atoms with Crippen LogP contribution >= 0.6 is 0 Å². The van der Waals surface area contributed by atoms with Gasteiger partial charge in [0.25, 0.3) is 0 Å². The quantitative estimate of drug-likeness (QED) is 0.668. The minimum atomic E-state index is -1.30. The van der Waals surface area contributed by atoms with Gasteiger partial charge in [-0.2, -0.15) is 0 Å². The summed E-state index contributed by atoms with van der Waals surface area (Å²) >= 11 is 0. The number of carboxylic acid groups (broad SMARTS) is 1. The second kappa shape index (κ2) is 4.73. The van der Waals surface area contributed by atoms with E-state index in [9.17, 15) is 19.5 Å². The van der Waals surface area contributed by atoms with E-state index in [0.29, 0.717) is 19.4 Å². The zero-order valence-corrected chi connectivity index (χ0v) is 11.1. The van der Waals surface area contributed by atoms with Gasteiger partial charge in [-0.25, -0.2) is 0 Å². The van der Waals surface area contributed by atoms with E-state index in [-0.39, 0.29) is 25.1 Å². The summed E-state index contributed by atoms with van der Waals surface area (Å²) in [5, 5.41) is 12.1. The molecule has 2 aliphatic carbocycles. The molecule has 0 aromatic heterocycles. The average molecular weight is 282 g/mol. The highest BCUT2D eigenvalue weighted by Crippen LogP contribution is 2.48. The van der Waals surface area contributed by atoms with E-state index >= 15 is 0 Å². The molecular weight excluding hydrogens is 264 g/mol. The van der Waals surface area contributed by atoms with Gasteiger partial charge >= 0.3 is 5.97 Å². The molecule has 1 aliphatic heterocycles. The number of hydrogen-bond acceptors (Lipinski definition) is 4. The Morgan fingerprint density at radius 2 is 1.95 bits per heavy atom. The van der Waals surface area contributed by atoms with Crippen molar-refractivity contribution in [1.82, 2.24) is 10.2 Å². The van der Waals surface area contributed by atoms with Crippen LogP contribution in [0.3, 0.4) is 0 Å². The lowest BCUT2D eigenvalue weighted by molar-refractivity contribution is -0.161. The van der Waals surface area contributed by atoms with Gasteiger partial charge in [0.15, 0.2) is 0 Å². The molecule has 2 N–H and O–H groups in total. The Labute approximate surface area is 116 Å². The van der Waals surface area contributed by atoms with E-state index in [1.165, 1.54) is 4.90 Å². The molecule has 3 fully saturated rings. The number of nitrogens with one attached hydrogen (secondary N) is 1. The van der Waals surface area contributed by atoms with Crippen LogP contribution in [0.15, 0.2) is 0 Å². The zero-order chi connectivity index (χ0) is 14.3. The number of morpholine rings is 1. The molecule has 7 heteroatoms. The van der Waals surface area contributed by atoms with Gasteiger partial charge in [0, 0.05) is 12.6 Å². The SMILES string of the molecule is O=C(NC1CC1)C1COCCN1C(=O)C1(C(=O)O)CC1. The molecule has 0 aromatic carbocycles. The van der Waals surface area contributed by atoms with E-state index < -0.39 is 23.3 Å². The molecule has 3 aliphatic rings. The van der Waals surface area contributed by atoms with Crippen molar-refractivity contribution in [2.24, 2.45) is 5.41 Å². The summed E-state index contributed by atoms with van der Waals surface area (Å²) in [5.74, 6) is -1.76. The van der Waals surface area contributed by atoms with Gasteiger partial charge in [-0.15, -0.1) is 0 Å². The summed E-state index contributed by atoms with van der Waals surface area (Å²) in [6.45, 7) is 0.755. The fourth-order valence-corrected chi connectivity index (χ4v) is 2.51. The third-order valence-corrected chi connectivity index (χ3v) is 4.18. The lowest BCUT2D eigenvalue weighted by atomic mass is 10.0. The van der Waals surface area contributed by atoms with Crippen LogP contribution in [0.4, 0.5) is 0 Å². The normalized spacial score (nSPS) is 27.8. The number of aliphatic carboxylic acids is 1. The fraction of sp³-hybridized carbons (Fsp3) is 0.769. The monoisotopic (exact) mass is 282 g/mol. The molecule has 110 valence electrons. The van der Waals surface area contributed by atoms with Gasteiger partial charge in [-0.3, -0.25) is 14.4 Å². The van der Waals surface area contributed by atoms with Gasteiger partial charge in [0.05, 0.1) is 13.2 Å². The standard InChI is InChI=1S/C13H18N2O5/c16-10(14-8-1-2-8)9-7-20-6-5-15(9)11(17)13(3-4-13)12(18)19/h8-9H,1-7H2,(H,14,16)(H,18,19). The smallest absolute Gasteiger partial charge is 0.319 e. The maximum Gasteiger partial charge on any atom is 0.319 e. The highest BCUT2D eigenvalue weighted by Gasteiger charge is 2.59. The molecule has 0 bridgehead atoms. The highest BCUT2D eigenvalue weighted by molar-refractivity contribution is 6.06. The fourth-order valence-electron chi connectivity index (χ4n) is 2.51. The number of ether oxygens (including phenoxy) is 1. The van der Waals surface area contributed by atoms with Crippen LogP contribution in [-0.4, -0.2) is 59.6 Å². The highest BCUT2D eigenvalue weighted by atomic mass is 16.5. The molecule has 0 spiro atoms. The first-order chi connectivity index (χ1) is 9.54. The van der Waals surface area contributed by atoms with Gasteiger partial charge in [0.1, 0.15) is 11.5 Å². The summed E-state index contributed by atoms with van der Waals surface area (Å²) in [4.78, 5) is 37.2. The molecule has 20 heavy (non-hydrogen) atoms. The Bertz CT molecular complexity index is 456. The maximum absolute atomic E-state index is 12.4. The molecule has 2 amide bonds. The summed E-state index contributed by atoms with van der Waals surface area (Å²) in [7, 11) is 0. The molecule has 1 atom stereocenters. The summed E-state index contributed by atoms with van der Waals surface area (Å²) < 4.78 is 5.28. The van der Waals surface area contributed by atoms with Crippen LogP contribution < -0.4 is 5.32 Å². The predicted octanol–water partition coefficient (Wildman–Crippen LogP) is -0.643. The molecular formula is C13H18N2O5. The van der Waals surface area contributed by atoms with Crippen molar-refractivity contribution < 1.29 is 24.2 Å². The number of carbonyl (C=O) groups is 3. The number of rotatable bonds is 4. The van der Waals surface area contributed by atoms with Gasteiger partial charge in [-0.05, 0) is 25.7 Å². The van der Waals surface area contributed by atoms with Crippen molar-refractivity contribution in [2.75, 3.05) is 19.8 Å². The Kier molecular flexibility index (Phi) is 3.16. The van der Waals surface area contributed by atoms with Crippen LogP contribution in [0, 0.1) is 5.41 Å². The topological polar surface area (TPSA) is 95.9 Å². The molecule has 7 nitrogen and oxygen atoms in total. The largest absolute Gasteiger partial charge is 0.480 e. The third kappa shape index (κ3) is 2.26. The van der Waals surface area contributed by atoms with E-state index in [4.69, 9.17) is 4.74 Å². The number of carboxylic acids is 1. The summed E-state index contributed by atoms with van der Waals surface area (Å²) in [6.07, 6.45) is 2.64. The lowest BCUT2D eigenvalue weighted by Crippen LogP contribution is -2.58. The molecule has 1 saturated heterocycles. The molecule has 0 aromatic rings. The van der Waals surface area contributed by atoms with Gasteiger partial charge in [0.2, 0.25) is 11.8 Å². The van der Waals surface area contributed by atoms with Crippen LogP contribution in [0.25, 0.3) is 0 Å². The van der Waals surface area contributed by atoms with E-state index in [1.54, 1.807) is 0 Å². The van der Waals surface area contributed by atoms with Crippen LogP contribution in [0.1, 0.15) is 25.7 Å². The maximum atomic E-state index is 12.4. The molecule has 1 unspecified atom stereocenters. The average Bonchev–Trinajstić information content (AvgIpc) is 3.31. The lowest BCUT2D eigenvalue weighted by Gasteiger charge is -2.36. The van der Waals surface area contributed by atoms with Crippen molar-refractivity contribution in [2.45, 2.75) is 37.8 Å². The van der Waals surface area contributed by atoms with Crippen molar-refractivity contribution in [1.29, 1.82) is 0 Å². The minimum Gasteiger partial charge on any atom is -0.480 e. The molecule has 1 heterocycles.